The topological polar surface area (TPSA) is 40.5 Å². The average Bonchev–Trinajstić information content (AvgIpc) is 3.03. The maximum absolute atomic E-state index is 11.6. The Labute approximate surface area is 180 Å². The SMILES string of the molecule is CC(C)CC[C@@H](O)[C@](C)(O)[C@H]1CC[C@H]2[C@@H]3CC[C@H]4CCCC[C@]4(C)[C@H]3CC[C@]12C. The molecule has 0 aromatic rings. The summed E-state index contributed by atoms with van der Waals surface area (Å²) in [7, 11) is 0. The highest BCUT2D eigenvalue weighted by molar-refractivity contribution is 5.12. The molecule has 2 nitrogen and oxygen atoms in total. The smallest absolute Gasteiger partial charge is 0.0910 e. The number of rotatable bonds is 5. The summed E-state index contributed by atoms with van der Waals surface area (Å²) in [5.41, 5.74) is -0.154. The van der Waals surface area contributed by atoms with E-state index in [9.17, 15) is 10.2 Å². The maximum Gasteiger partial charge on any atom is 0.0910 e. The molecule has 0 aromatic heterocycles. The highest BCUT2D eigenvalue weighted by Gasteiger charge is 2.62. The first-order valence-corrected chi connectivity index (χ1v) is 13.0. The number of aliphatic hydroxyl groups is 2. The van der Waals surface area contributed by atoms with Gasteiger partial charge in [0.25, 0.3) is 0 Å². The lowest BCUT2D eigenvalue weighted by Crippen LogP contribution is -2.56. The molecular weight excluding hydrogens is 356 g/mol. The lowest BCUT2D eigenvalue weighted by molar-refractivity contribution is -0.163. The number of fused-ring (bicyclic) bond motifs is 5. The van der Waals surface area contributed by atoms with E-state index in [4.69, 9.17) is 0 Å². The van der Waals surface area contributed by atoms with Crippen molar-refractivity contribution in [3.8, 4) is 0 Å². The molecule has 4 aliphatic rings. The largest absolute Gasteiger partial charge is 0.390 e. The van der Waals surface area contributed by atoms with E-state index in [2.05, 4.69) is 27.7 Å². The van der Waals surface area contributed by atoms with E-state index in [0.717, 1.165) is 42.9 Å². The van der Waals surface area contributed by atoms with Crippen LogP contribution in [-0.2, 0) is 0 Å². The molecule has 0 radical (unpaired) electrons. The van der Waals surface area contributed by atoms with Crippen LogP contribution in [0.25, 0.3) is 0 Å². The summed E-state index contributed by atoms with van der Waals surface area (Å²) >= 11 is 0. The minimum atomic E-state index is -0.947. The fourth-order valence-corrected chi connectivity index (χ4v) is 9.27. The van der Waals surface area contributed by atoms with Crippen LogP contribution in [-0.4, -0.2) is 21.9 Å². The van der Waals surface area contributed by atoms with E-state index >= 15 is 0 Å². The van der Waals surface area contributed by atoms with Crippen LogP contribution >= 0.6 is 0 Å². The minimum absolute atomic E-state index is 0.210. The second kappa shape index (κ2) is 7.80. The van der Waals surface area contributed by atoms with Crippen molar-refractivity contribution in [3.05, 3.63) is 0 Å². The number of hydrogen-bond donors (Lipinski definition) is 2. The molecule has 0 bridgehead atoms. The van der Waals surface area contributed by atoms with Gasteiger partial charge in [0.05, 0.1) is 11.7 Å². The lowest BCUT2D eigenvalue weighted by atomic mass is 9.44. The fraction of sp³-hybridized carbons (Fsp3) is 1.00. The summed E-state index contributed by atoms with van der Waals surface area (Å²) in [5, 5.41) is 22.6. The molecule has 0 heterocycles. The van der Waals surface area contributed by atoms with E-state index in [1.165, 1.54) is 57.8 Å². The number of hydrogen-bond acceptors (Lipinski definition) is 2. The molecule has 2 N–H and O–H groups in total. The van der Waals surface area contributed by atoms with Crippen LogP contribution in [0.15, 0.2) is 0 Å². The summed E-state index contributed by atoms with van der Waals surface area (Å²) in [5.74, 6) is 4.33. The van der Waals surface area contributed by atoms with Crippen molar-refractivity contribution in [1.82, 2.24) is 0 Å². The highest BCUT2D eigenvalue weighted by Crippen LogP contribution is 2.68. The van der Waals surface area contributed by atoms with Crippen molar-refractivity contribution in [2.75, 3.05) is 0 Å². The normalized spacial score (nSPS) is 47.8. The molecule has 4 rings (SSSR count). The fourth-order valence-electron chi connectivity index (χ4n) is 9.27. The van der Waals surface area contributed by atoms with Crippen LogP contribution in [0, 0.1) is 46.3 Å². The molecule has 0 unspecified atom stereocenters. The Balaban J connectivity index is 1.53. The van der Waals surface area contributed by atoms with Gasteiger partial charge in [-0.1, -0.05) is 40.5 Å². The summed E-state index contributed by atoms with van der Waals surface area (Å²) in [4.78, 5) is 0. The summed E-state index contributed by atoms with van der Waals surface area (Å²) in [6.45, 7) is 11.5. The van der Waals surface area contributed by atoms with E-state index in [-0.39, 0.29) is 11.3 Å². The molecule has 0 amide bonds. The van der Waals surface area contributed by atoms with Crippen molar-refractivity contribution in [3.63, 3.8) is 0 Å². The van der Waals surface area contributed by atoms with Crippen LogP contribution in [0.3, 0.4) is 0 Å². The van der Waals surface area contributed by atoms with Gasteiger partial charge in [0.2, 0.25) is 0 Å². The molecule has 4 fully saturated rings. The van der Waals surface area contributed by atoms with Crippen LogP contribution in [0.5, 0.6) is 0 Å². The molecule has 29 heavy (non-hydrogen) atoms. The van der Waals surface area contributed by atoms with Crippen molar-refractivity contribution in [2.24, 2.45) is 46.3 Å². The zero-order valence-corrected chi connectivity index (χ0v) is 19.9. The van der Waals surface area contributed by atoms with Crippen LogP contribution in [0.4, 0.5) is 0 Å². The van der Waals surface area contributed by atoms with E-state index in [1.54, 1.807) is 0 Å². The van der Waals surface area contributed by atoms with Crippen LogP contribution < -0.4 is 0 Å². The van der Waals surface area contributed by atoms with Gasteiger partial charge < -0.3 is 10.2 Å². The van der Waals surface area contributed by atoms with Crippen molar-refractivity contribution in [1.29, 1.82) is 0 Å². The second-order valence-corrected chi connectivity index (χ2v) is 12.8. The maximum atomic E-state index is 11.6. The third-order valence-electron chi connectivity index (χ3n) is 11.0. The highest BCUT2D eigenvalue weighted by atomic mass is 16.3. The molecule has 168 valence electrons. The molecule has 2 heteroatoms. The first kappa shape index (κ1) is 22.1. The van der Waals surface area contributed by atoms with E-state index in [0.29, 0.717) is 11.3 Å². The van der Waals surface area contributed by atoms with Crippen molar-refractivity contribution < 1.29 is 10.2 Å². The van der Waals surface area contributed by atoms with E-state index < -0.39 is 11.7 Å². The summed E-state index contributed by atoms with van der Waals surface area (Å²) in [6.07, 6.45) is 14.8. The zero-order chi connectivity index (χ0) is 21.0. The number of aliphatic hydroxyl groups excluding tert-OH is 1. The summed E-state index contributed by atoms with van der Waals surface area (Å²) in [6, 6.07) is 0. The first-order valence-electron chi connectivity index (χ1n) is 13.0. The monoisotopic (exact) mass is 404 g/mol. The third kappa shape index (κ3) is 3.53. The van der Waals surface area contributed by atoms with Crippen LogP contribution in [0.1, 0.15) is 112 Å². The third-order valence-corrected chi connectivity index (χ3v) is 11.0. The Morgan fingerprint density at radius 3 is 2.31 bits per heavy atom. The lowest BCUT2D eigenvalue weighted by Gasteiger charge is -2.61. The Hall–Kier alpha value is -0.0800. The molecule has 4 aliphatic carbocycles. The van der Waals surface area contributed by atoms with Gasteiger partial charge in [-0.15, -0.1) is 0 Å². The van der Waals surface area contributed by atoms with Gasteiger partial charge in [-0.25, -0.2) is 0 Å². The molecule has 0 saturated heterocycles. The van der Waals surface area contributed by atoms with Crippen LogP contribution in [0.2, 0.25) is 0 Å². The molecule has 0 aromatic carbocycles. The quantitative estimate of drug-likeness (QED) is 0.543. The minimum Gasteiger partial charge on any atom is -0.390 e. The predicted molar refractivity (Wildman–Crippen MR) is 121 cm³/mol. The Morgan fingerprint density at radius 1 is 0.862 bits per heavy atom. The summed E-state index contributed by atoms with van der Waals surface area (Å²) < 4.78 is 0. The average molecular weight is 405 g/mol. The van der Waals surface area contributed by atoms with E-state index in [1.807, 2.05) is 6.92 Å². The molecule has 4 saturated carbocycles. The predicted octanol–water partition coefficient (Wildman–Crippen LogP) is 6.58. The Kier molecular flexibility index (Phi) is 5.95. The van der Waals surface area contributed by atoms with Gasteiger partial charge in [-0.3, -0.25) is 0 Å². The molecule has 0 spiro atoms. The van der Waals surface area contributed by atoms with Gasteiger partial charge in [-0.2, -0.15) is 0 Å². The van der Waals surface area contributed by atoms with Gasteiger partial charge in [0.1, 0.15) is 0 Å². The Bertz CT molecular complexity index is 583. The van der Waals surface area contributed by atoms with Gasteiger partial charge >= 0.3 is 0 Å². The van der Waals surface area contributed by atoms with Gasteiger partial charge in [0.15, 0.2) is 0 Å². The standard InChI is InChI=1S/C27H48O2/c1-18(2)9-14-24(28)27(5,29)23-13-12-21-20-11-10-19-8-6-7-16-25(19,3)22(20)15-17-26(21,23)4/h18-24,28-29H,6-17H2,1-5H3/t19-,20+,21+,22+,23+,24-,25+,26+,27-/m1/s1. The molecule has 9 atom stereocenters. The zero-order valence-electron chi connectivity index (χ0n) is 19.9. The van der Waals surface area contributed by atoms with Gasteiger partial charge in [-0.05, 0) is 117 Å². The Morgan fingerprint density at radius 2 is 1.59 bits per heavy atom. The molecular formula is C27H48O2. The van der Waals surface area contributed by atoms with Gasteiger partial charge in [0, 0.05) is 0 Å². The van der Waals surface area contributed by atoms with Crippen molar-refractivity contribution >= 4 is 0 Å². The van der Waals surface area contributed by atoms with Crippen molar-refractivity contribution in [2.45, 2.75) is 123 Å². The molecule has 0 aliphatic heterocycles. The second-order valence-electron chi connectivity index (χ2n) is 12.8. The first-order chi connectivity index (χ1) is 13.6.